The molecule has 0 radical (unpaired) electrons. The van der Waals surface area contributed by atoms with E-state index in [9.17, 15) is 0 Å². The Balaban J connectivity index is 1.57. The third kappa shape index (κ3) is 3.06. The molecule has 2 heterocycles. The maximum atomic E-state index is 5.21. The lowest BCUT2D eigenvalue weighted by atomic mass is 9.94. The highest BCUT2D eigenvalue weighted by molar-refractivity contribution is 5.41. The molecule has 1 saturated heterocycles. The Morgan fingerprint density at radius 2 is 1.80 bits per heavy atom. The SMILES string of the molecule is COc1cccc(N2CCN(C3CCCCC3)CC2)n1. The van der Waals surface area contributed by atoms with Gasteiger partial charge in [-0.05, 0) is 18.9 Å². The van der Waals surface area contributed by atoms with Crippen molar-refractivity contribution in [3.8, 4) is 5.88 Å². The molecular weight excluding hydrogens is 250 g/mol. The topological polar surface area (TPSA) is 28.6 Å². The number of piperazine rings is 1. The highest BCUT2D eigenvalue weighted by atomic mass is 16.5. The predicted octanol–water partition coefficient (Wildman–Crippen LogP) is 2.54. The quantitative estimate of drug-likeness (QED) is 0.847. The molecule has 2 fully saturated rings. The summed E-state index contributed by atoms with van der Waals surface area (Å²) in [5.41, 5.74) is 0. The Morgan fingerprint density at radius 3 is 2.50 bits per heavy atom. The summed E-state index contributed by atoms with van der Waals surface area (Å²) in [5, 5.41) is 0. The van der Waals surface area contributed by atoms with E-state index in [1.165, 1.54) is 45.2 Å². The molecule has 0 unspecified atom stereocenters. The molecule has 1 aromatic heterocycles. The molecule has 0 spiro atoms. The van der Waals surface area contributed by atoms with Crippen LogP contribution in [-0.4, -0.2) is 49.2 Å². The molecule has 4 heteroatoms. The number of hydrogen-bond acceptors (Lipinski definition) is 4. The Morgan fingerprint density at radius 1 is 1.05 bits per heavy atom. The lowest BCUT2D eigenvalue weighted by molar-refractivity contribution is 0.147. The van der Waals surface area contributed by atoms with Crippen LogP contribution in [0.4, 0.5) is 5.82 Å². The monoisotopic (exact) mass is 275 g/mol. The van der Waals surface area contributed by atoms with Gasteiger partial charge in [-0.25, -0.2) is 0 Å². The summed E-state index contributed by atoms with van der Waals surface area (Å²) in [6.07, 6.45) is 7.07. The number of hydrogen-bond donors (Lipinski definition) is 0. The van der Waals surface area contributed by atoms with Crippen LogP contribution >= 0.6 is 0 Å². The molecule has 1 aromatic rings. The second-order valence-corrected chi connectivity index (χ2v) is 5.85. The van der Waals surface area contributed by atoms with Gasteiger partial charge in [-0.3, -0.25) is 4.90 Å². The molecule has 1 aliphatic carbocycles. The van der Waals surface area contributed by atoms with Gasteiger partial charge in [-0.2, -0.15) is 4.98 Å². The zero-order valence-electron chi connectivity index (χ0n) is 12.4. The number of anilines is 1. The molecule has 0 bridgehead atoms. The van der Waals surface area contributed by atoms with Gasteiger partial charge in [0.2, 0.25) is 5.88 Å². The summed E-state index contributed by atoms with van der Waals surface area (Å²) in [7, 11) is 1.67. The third-order valence-electron chi connectivity index (χ3n) is 4.65. The third-order valence-corrected chi connectivity index (χ3v) is 4.65. The van der Waals surface area contributed by atoms with Crippen LogP contribution in [0.3, 0.4) is 0 Å². The van der Waals surface area contributed by atoms with Crippen LogP contribution in [-0.2, 0) is 0 Å². The van der Waals surface area contributed by atoms with Crippen LogP contribution in [0.5, 0.6) is 5.88 Å². The minimum absolute atomic E-state index is 0.706. The van der Waals surface area contributed by atoms with Gasteiger partial charge in [0.1, 0.15) is 5.82 Å². The van der Waals surface area contributed by atoms with Crippen molar-refractivity contribution in [3.63, 3.8) is 0 Å². The first-order valence-electron chi connectivity index (χ1n) is 7.87. The first kappa shape index (κ1) is 13.7. The van der Waals surface area contributed by atoms with E-state index >= 15 is 0 Å². The van der Waals surface area contributed by atoms with E-state index in [4.69, 9.17) is 4.74 Å². The fourth-order valence-electron chi connectivity index (χ4n) is 3.46. The predicted molar refractivity (Wildman–Crippen MR) is 81.4 cm³/mol. The number of nitrogens with zero attached hydrogens (tertiary/aromatic N) is 3. The van der Waals surface area contributed by atoms with Crippen LogP contribution in [0.2, 0.25) is 0 Å². The average molecular weight is 275 g/mol. The van der Waals surface area contributed by atoms with Gasteiger partial charge < -0.3 is 9.64 Å². The standard InChI is InChI=1S/C16H25N3O/c1-20-16-9-5-8-15(17-16)19-12-10-18(11-13-19)14-6-3-2-4-7-14/h5,8-9,14H,2-4,6-7,10-13H2,1H3. The number of aromatic nitrogens is 1. The van der Waals surface area contributed by atoms with Gasteiger partial charge in [0.05, 0.1) is 7.11 Å². The van der Waals surface area contributed by atoms with Crippen molar-refractivity contribution in [2.45, 2.75) is 38.1 Å². The fraction of sp³-hybridized carbons (Fsp3) is 0.688. The molecule has 0 aromatic carbocycles. The largest absolute Gasteiger partial charge is 0.481 e. The maximum absolute atomic E-state index is 5.21. The molecular formula is C16H25N3O. The van der Waals surface area contributed by atoms with Gasteiger partial charge >= 0.3 is 0 Å². The number of ether oxygens (including phenoxy) is 1. The van der Waals surface area contributed by atoms with Crippen LogP contribution in [0.25, 0.3) is 0 Å². The summed E-state index contributed by atoms with van der Waals surface area (Å²) < 4.78 is 5.21. The van der Waals surface area contributed by atoms with Gasteiger partial charge in [-0.1, -0.05) is 25.3 Å². The van der Waals surface area contributed by atoms with Gasteiger partial charge in [0.15, 0.2) is 0 Å². The zero-order valence-corrected chi connectivity index (χ0v) is 12.4. The molecule has 1 saturated carbocycles. The van der Waals surface area contributed by atoms with Crippen LogP contribution in [0, 0.1) is 0 Å². The smallest absolute Gasteiger partial charge is 0.214 e. The first-order valence-corrected chi connectivity index (χ1v) is 7.87. The molecule has 3 rings (SSSR count). The summed E-state index contributed by atoms with van der Waals surface area (Å²) in [5.74, 6) is 1.75. The molecule has 4 nitrogen and oxygen atoms in total. The van der Waals surface area contributed by atoms with Crippen molar-refractivity contribution >= 4 is 5.82 Å². The second-order valence-electron chi connectivity index (χ2n) is 5.85. The fourth-order valence-corrected chi connectivity index (χ4v) is 3.46. The Bertz CT molecular complexity index is 423. The van der Waals surface area contributed by atoms with E-state index in [2.05, 4.69) is 20.9 Å². The number of methoxy groups -OCH3 is 1. The second kappa shape index (κ2) is 6.44. The maximum Gasteiger partial charge on any atom is 0.214 e. The number of pyridine rings is 1. The Kier molecular flexibility index (Phi) is 4.41. The van der Waals surface area contributed by atoms with E-state index < -0.39 is 0 Å². The first-order chi connectivity index (χ1) is 9.86. The van der Waals surface area contributed by atoms with E-state index in [0.717, 1.165) is 24.9 Å². The van der Waals surface area contributed by atoms with Crippen molar-refractivity contribution in [2.24, 2.45) is 0 Å². The van der Waals surface area contributed by atoms with Crippen molar-refractivity contribution in [3.05, 3.63) is 18.2 Å². The molecule has 0 atom stereocenters. The molecule has 0 amide bonds. The summed E-state index contributed by atoms with van der Waals surface area (Å²) in [4.78, 5) is 9.60. The normalized spacial score (nSPS) is 21.9. The van der Waals surface area contributed by atoms with E-state index in [1.54, 1.807) is 7.11 Å². The van der Waals surface area contributed by atoms with E-state index in [-0.39, 0.29) is 0 Å². The van der Waals surface area contributed by atoms with Gasteiger partial charge in [-0.15, -0.1) is 0 Å². The van der Waals surface area contributed by atoms with Gasteiger partial charge in [0.25, 0.3) is 0 Å². The number of rotatable bonds is 3. The Hall–Kier alpha value is -1.29. The molecule has 1 aliphatic heterocycles. The summed E-state index contributed by atoms with van der Waals surface area (Å²) in [6.45, 7) is 4.50. The summed E-state index contributed by atoms with van der Waals surface area (Å²) in [6, 6.07) is 6.85. The van der Waals surface area contributed by atoms with E-state index in [1.807, 2.05) is 12.1 Å². The van der Waals surface area contributed by atoms with Crippen LogP contribution in [0.15, 0.2) is 18.2 Å². The molecule has 110 valence electrons. The zero-order chi connectivity index (χ0) is 13.8. The van der Waals surface area contributed by atoms with Crippen LogP contribution in [0.1, 0.15) is 32.1 Å². The van der Waals surface area contributed by atoms with Crippen molar-refractivity contribution in [1.82, 2.24) is 9.88 Å². The molecule has 0 N–H and O–H groups in total. The highest BCUT2D eigenvalue weighted by Gasteiger charge is 2.25. The lowest BCUT2D eigenvalue weighted by Crippen LogP contribution is -2.51. The molecule has 20 heavy (non-hydrogen) atoms. The van der Waals surface area contributed by atoms with Crippen molar-refractivity contribution < 1.29 is 4.74 Å². The minimum atomic E-state index is 0.706. The van der Waals surface area contributed by atoms with Gasteiger partial charge in [0, 0.05) is 38.3 Å². The highest BCUT2D eigenvalue weighted by Crippen LogP contribution is 2.24. The van der Waals surface area contributed by atoms with E-state index in [0.29, 0.717) is 5.88 Å². The van der Waals surface area contributed by atoms with Crippen molar-refractivity contribution in [1.29, 1.82) is 0 Å². The molecule has 2 aliphatic rings. The summed E-state index contributed by atoms with van der Waals surface area (Å²) >= 11 is 0. The average Bonchev–Trinajstić information content (AvgIpc) is 2.56. The Labute approximate surface area is 121 Å². The van der Waals surface area contributed by atoms with Crippen LogP contribution < -0.4 is 9.64 Å². The minimum Gasteiger partial charge on any atom is -0.481 e. The van der Waals surface area contributed by atoms with Crippen molar-refractivity contribution in [2.75, 3.05) is 38.2 Å². The lowest BCUT2D eigenvalue weighted by Gasteiger charge is -2.41.